The van der Waals surface area contributed by atoms with Crippen LogP contribution in [0.3, 0.4) is 0 Å². The first kappa shape index (κ1) is 10.6. The van der Waals surface area contributed by atoms with Crippen LogP contribution in [0.1, 0.15) is 18.1 Å². The zero-order valence-electron chi connectivity index (χ0n) is 8.88. The molecule has 0 aromatic heterocycles. The van der Waals surface area contributed by atoms with E-state index in [0.29, 0.717) is 0 Å². The van der Waals surface area contributed by atoms with Crippen molar-refractivity contribution in [1.82, 2.24) is 5.32 Å². The summed E-state index contributed by atoms with van der Waals surface area (Å²) in [5.41, 5.74) is 3.66. The van der Waals surface area contributed by atoms with Gasteiger partial charge in [-0.3, -0.25) is 0 Å². The van der Waals surface area contributed by atoms with Crippen LogP contribution in [0.5, 0.6) is 0 Å². The summed E-state index contributed by atoms with van der Waals surface area (Å²) in [4.78, 5) is 0. The maximum absolute atomic E-state index is 3.72. The second-order valence-corrected chi connectivity index (χ2v) is 3.16. The van der Waals surface area contributed by atoms with Gasteiger partial charge in [0.15, 0.2) is 0 Å². The second kappa shape index (κ2) is 5.28. The van der Waals surface area contributed by atoms with E-state index in [1.807, 2.05) is 12.2 Å². The number of aryl methyl sites for hydroxylation is 1. The number of rotatable bonds is 4. The van der Waals surface area contributed by atoms with Crippen molar-refractivity contribution in [1.29, 1.82) is 0 Å². The molecule has 1 aromatic rings. The van der Waals surface area contributed by atoms with Gasteiger partial charge >= 0.3 is 0 Å². The van der Waals surface area contributed by atoms with E-state index in [9.17, 15) is 0 Å². The van der Waals surface area contributed by atoms with E-state index in [0.717, 1.165) is 12.2 Å². The van der Waals surface area contributed by atoms with Gasteiger partial charge in [0.05, 0.1) is 0 Å². The van der Waals surface area contributed by atoms with Crippen LogP contribution in [0.25, 0.3) is 5.70 Å². The molecule has 0 bridgehead atoms. The van der Waals surface area contributed by atoms with Gasteiger partial charge in [-0.05, 0) is 25.5 Å². The summed E-state index contributed by atoms with van der Waals surface area (Å²) in [6, 6.07) is 8.34. The molecule has 0 saturated carbocycles. The molecule has 1 heteroatoms. The van der Waals surface area contributed by atoms with Gasteiger partial charge in [0, 0.05) is 17.8 Å². The molecule has 0 fully saturated rings. The summed E-state index contributed by atoms with van der Waals surface area (Å²) in [5, 5.41) is 3.33. The zero-order chi connectivity index (χ0) is 10.4. The minimum atomic E-state index is 0.925. The van der Waals surface area contributed by atoms with E-state index in [-0.39, 0.29) is 0 Å². The lowest BCUT2D eigenvalue weighted by molar-refractivity contribution is 0.938. The fourth-order valence-corrected chi connectivity index (χ4v) is 1.43. The van der Waals surface area contributed by atoms with Crippen LogP contribution in [0.2, 0.25) is 0 Å². The summed E-state index contributed by atoms with van der Waals surface area (Å²) in [6.45, 7) is 8.85. The van der Waals surface area contributed by atoms with Gasteiger partial charge in [-0.15, -0.1) is 0 Å². The molecule has 0 heterocycles. The van der Waals surface area contributed by atoms with Gasteiger partial charge in [0.25, 0.3) is 0 Å². The van der Waals surface area contributed by atoms with E-state index in [1.165, 1.54) is 11.1 Å². The van der Waals surface area contributed by atoms with E-state index in [4.69, 9.17) is 0 Å². The van der Waals surface area contributed by atoms with Gasteiger partial charge in [-0.2, -0.15) is 0 Å². The molecule has 0 aliphatic heterocycles. The highest BCUT2D eigenvalue weighted by molar-refractivity contribution is 5.67. The van der Waals surface area contributed by atoms with Gasteiger partial charge in [0.2, 0.25) is 0 Å². The Balaban J connectivity index is 3.05. The Kier molecular flexibility index (Phi) is 3.99. The summed E-state index contributed by atoms with van der Waals surface area (Å²) < 4.78 is 0. The van der Waals surface area contributed by atoms with Crippen molar-refractivity contribution in [2.75, 3.05) is 6.54 Å². The highest BCUT2D eigenvalue weighted by atomic mass is 14.9. The SMILES string of the molecule is C=C/C=C(\NCC)c1ccccc1C. The highest BCUT2D eigenvalue weighted by Gasteiger charge is 2.01. The number of benzene rings is 1. The topological polar surface area (TPSA) is 12.0 Å². The Morgan fingerprint density at radius 1 is 1.43 bits per heavy atom. The molecule has 74 valence electrons. The first-order valence-corrected chi connectivity index (χ1v) is 4.92. The lowest BCUT2D eigenvalue weighted by Crippen LogP contribution is -2.11. The zero-order valence-corrected chi connectivity index (χ0v) is 8.88. The van der Waals surface area contributed by atoms with Crippen molar-refractivity contribution in [3.05, 3.63) is 54.1 Å². The third kappa shape index (κ3) is 2.49. The normalized spacial score (nSPS) is 11.1. The third-order valence-corrected chi connectivity index (χ3v) is 2.09. The van der Waals surface area contributed by atoms with Gasteiger partial charge in [-0.1, -0.05) is 36.9 Å². The summed E-state index contributed by atoms with van der Waals surface area (Å²) in [7, 11) is 0. The molecule has 0 saturated heterocycles. The van der Waals surface area contributed by atoms with Crippen LogP contribution in [0.15, 0.2) is 43.0 Å². The Morgan fingerprint density at radius 3 is 2.71 bits per heavy atom. The van der Waals surface area contributed by atoms with E-state index >= 15 is 0 Å². The quantitative estimate of drug-likeness (QED) is 0.714. The van der Waals surface area contributed by atoms with E-state index in [2.05, 4.69) is 50.0 Å². The monoisotopic (exact) mass is 187 g/mol. The van der Waals surface area contributed by atoms with Crippen LogP contribution >= 0.6 is 0 Å². The average Bonchev–Trinajstić information content (AvgIpc) is 2.18. The molecule has 0 aliphatic carbocycles. The van der Waals surface area contributed by atoms with Crippen molar-refractivity contribution in [2.24, 2.45) is 0 Å². The van der Waals surface area contributed by atoms with Crippen LogP contribution in [-0.4, -0.2) is 6.54 Å². The van der Waals surface area contributed by atoms with Crippen molar-refractivity contribution >= 4 is 5.70 Å². The molecule has 1 nitrogen and oxygen atoms in total. The Hall–Kier alpha value is -1.50. The van der Waals surface area contributed by atoms with Gasteiger partial charge in [0.1, 0.15) is 0 Å². The van der Waals surface area contributed by atoms with Crippen molar-refractivity contribution in [3.8, 4) is 0 Å². The summed E-state index contributed by atoms with van der Waals surface area (Å²) >= 11 is 0. The molecule has 1 aromatic carbocycles. The maximum Gasteiger partial charge on any atom is 0.0416 e. The molecule has 0 atom stereocenters. The molecular weight excluding hydrogens is 170 g/mol. The maximum atomic E-state index is 3.72. The van der Waals surface area contributed by atoms with Crippen LogP contribution in [-0.2, 0) is 0 Å². The Bertz CT molecular complexity index is 337. The van der Waals surface area contributed by atoms with Crippen LogP contribution < -0.4 is 5.32 Å². The Labute approximate surface area is 86.2 Å². The van der Waals surface area contributed by atoms with Crippen LogP contribution in [0, 0.1) is 6.92 Å². The number of hydrogen-bond acceptors (Lipinski definition) is 1. The number of nitrogens with one attached hydrogen (secondary N) is 1. The fourth-order valence-electron chi connectivity index (χ4n) is 1.43. The van der Waals surface area contributed by atoms with E-state index in [1.54, 1.807) is 0 Å². The molecule has 1 rings (SSSR count). The van der Waals surface area contributed by atoms with E-state index < -0.39 is 0 Å². The predicted octanol–water partition coefficient (Wildman–Crippen LogP) is 3.13. The molecule has 0 amide bonds. The fraction of sp³-hybridized carbons (Fsp3) is 0.231. The minimum Gasteiger partial charge on any atom is -0.385 e. The van der Waals surface area contributed by atoms with Crippen LogP contribution in [0.4, 0.5) is 0 Å². The highest BCUT2D eigenvalue weighted by Crippen LogP contribution is 2.15. The Morgan fingerprint density at radius 2 is 2.14 bits per heavy atom. The van der Waals surface area contributed by atoms with Crippen molar-refractivity contribution in [2.45, 2.75) is 13.8 Å². The smallest absolute Gasteiger partial charge is 0.0416 e. The molecule has 0 radical (unpaired) electrons. The van der Waals surface area contributed by atoms with Crippen molar-refractivity contribution < 1.29 is 0 Å². The van der Waals surface area contributed by atoms with Gasteiger partial charge in [-0.25, -0.2) is 0 Å². The lowest BCUT2D eigenvalue weighted by Gasteiger charge is -2.11. The molecular formula is C13H17N. The molecule has 1 N–H and O–H groups in total. The van der Waals surface area contributed by atoms with Crippen molar-refractivity contribution in [3.63, 3.8) is 0 Å². The molecule has 0 unspecified atom stereocenters. The molecule has 0 aliphatic rings. The average molecular weight is 187 g/mol. The number of allylic oxidation sites excluding steroid dienone is 2. The predicted molar refractivity (Wildman–Crippen MR) is 63.0 cm³/mol. The first-order chi connectivity index (χ1) is 6.79. The summed E-state index contributed by atoms with van der Waals surface area (Å²) in [5.74, 6) is 0. The lowest BCUT2D eigenvalue weighted by atomic mass is 10.1. The third-order valence-electron chi connectivity index (χ3n) is 2.09. The first-order valence-electron chi connectivity index (χ1n) is 4.92. The largest absolute Gasteiger partial charge is 0.385 e. The molecule has 0 spiro atoms. The second-order valence-electron chi connectivity index (χ2n) is 3.16. The standard InChI is InChI=1S/C13H17N/c1-4-8-13(14-5-2)12-10-7-6-9-11(12)3/h4,6-10,14H,1,5H2,2-3H3/b13-8-. The minimum absolute atomic E-state index is 0.925. The van der Waals surface area contributed by atoms with Gasteiger partial charge < -0.3 is 5.32 Å². The number of hydrogen-bond donors (Lipinski definition) is 1. The molecule has 14 heavy (non-hydrogen) atoms. The summed E-state index contributed by atoms with van der Waals surface area (Å²) in [6.07, 6.45) is 3.82.